The summed E-state index contributed by atoms with van der Waals surface area (Å²) >= 11 is 5.60. The molecule has 0 radical (unpaired) electrons. The number of carbonyl (C=O) groups is 1. The van der Waals surface area contributed by atoms with Gasteiger partial charge in [0, 0.05) is 5.69 Å². The van der Waals surface area contributed by atoms with Crippen LogP contribution in [0.3, 0.4) is 0 Å². The van der Waals surface area contributed by atoms with Gasteiger partial charge in [-0.15, -0.1) is 0 Å². The Labute approximate surface area is 111 Å². The molecule has 0 bridgehead atoms. The number of rotatable bonds is 3. The second-order valence-corrected chi connectivity index (χ2v) is 4.02. The number of nitrogens with zero attached hydrogens (tertiary/aromatic N) is 1. The second kappa shape index (κ2) is 5.19. The first-order chi connectivity index (χ1) is 8.97. The van der Waals surface area contributed by atoms with Gasteiger partial charge in [-0.05, 0) is 24.3 Å². The number of hydrogen-bond acceptors (Lipinski definition) is 3. The third kappa shape index (κ3) is 2.97. The summed E-state index contributed by atoms with van der Waals surface area (Å²) in [5.74, 6) is -2.75. The third-order valence-corrected chi connectivity index (χ3v) is 2.56. The molecule has 2 N–H and O–H groups in total. The van der Waals surface area contributed by atoms with Crippen molar-refractivity contribution in [2.75, 3.05) is 5.32 Å². The zero-order chi connectivity index (χ0) is 14.0. The molecule has 0 saturated carbocycles. The fourth-order valence-electron chi connectivity index (χ4n) is 1.41. The van der Waals surface area contributed by atoms with Gasteiger partial charge < -0.3 is 10.4 Å². The number of carboxylic acid groups (broad SMARTS) is 1. The van der Waals surface area contributed by atoms with Crippen molar-refractivity contribution >= 4 is 29.1 Å². The van der Waals surface area contributed by atoms with Crippen molar-refractivity contribution in [1.82, 2.24) is 4.98 Å². The number of nitrogens with one attached hydrogen (secondary N) is 1. The largest absolute Gasteiger partial charge is 0.478 e. The van der Waals surface area contributed by atoms with Crippen LogP contribution in [0.15, 0.2) is 30.5 Å². The molecular formula is C12H7ClF2N2O2. The predicted octanol–water partition coefficient (Wildman–Crippen LogP) is 3.46. The van der Waals surface area contributed by atoms with Gasteiger partial charge in [0.1, 0.15) is 23.0 Å². The van der Waals surface area contributed by atoms with E-state index in [4.69, 9.17) is 16.7 Å². The summed E-state index contributed by atoms with van der Waals surface area (Å²) in [7, 11) is 0. The Kier molecular flexibility index (Phi) is 3.62. The molecule has 1 aromatic heterocycles. The van der Waals surface area contributed by atoms with E-state index in [1.807, 2.05) is 0 Å². The molecule has 0 saturated heterocycles. The Morgan fingerprint density at radius 3 is 2.68 bits per heavy atom. The third-order valence-electron chi connectivity index (χ3n) is 2.27. The molecule has 7 heteroatoms. The van der Waals surface area contributed by atoms with Crippen LogP contribution < -0.4 is 5.32 Å². The van der Waals surface area contributed by atoms with E-state index >= 15 is 0 Å². The van der Waals surface area contributed by atoms with E-state index in [9.17, 15) is 13.6 Å². The molecule has 0 fully saturated rings. The molecule has 19 heavy (non-hydrogen) atoms. The molecular weight excluding hydrogens is 278 g/mol. The van der Waals surface area contributed by atoms with Crippen LogP contribution in [-0.4, -0.2) is 16.1 Å². The lowest BCUT2D eigenvalue weighted by molar-refractivity contribution is 0.0697. The number of aromatic nitrogens is 1. The van der Waals surface area contributed by atoms with Crippen molar-refractivity contribution in [3.05, 3.63) is 52.7 Å². The Morgan fingerprint density at radius 1 is 1.32 bits per heavy atom. The lowest BCUT2D eigenvalue weighted by Gasteiger charge is -2.09. The summed E-state index contributed by atoms with van der Waals surface area (Å²) in [5.41, 5.74) is 0.00783. The summed E-state index contributed by atoms with van der Waals surface area (Å²) in [6.07, 6.45) is 0.875. The minimum Gasteiger partial charge on any atom is -0.478 e. The normalized spacial score (nSPS) is 10.3. The highest BCUT2D eigenvalue weighted by molar-refractivity contribution is 6.31. The van der Waals surface area contributed by atoms with Crippen LogP contribution in [0, 0.1) is 11.6 Å². The molecule has 0 aliphatic rings. The summed E-state index contributed by atoms with van der Waals surface area (Å²) < 4.78 is 25.9. The van der Waals surface area contributed by atoms with Crippen molar-refractivity contribution in [2.45, 2.75) is 0 Å². The number of anilines is 2. The van der Waals surface area contributed by atoms with Crippen LogP contribution in [0.4, 0.5) is 20.3 Å². The lowest BCUT2D eigenvalue weighted by atomic mass is 10.2. The monoisotopic (exact) mass is 284 g/mol. The SMILES string of the molecule is O=C(O)c1cc(F)cnc1Nc1ccc(F)c(Cl)c1. The van der Waals surface area contributed by atoms with Crippen molar-refractivity contribution in [1.29, 1.82) is 0 Å². The lowest BCUT2D eigenvalue weighted by Crippen LogP contribution is -2.05. The topological polar surface area (TPSA) is 62.2 Å². The number of pyridine rings is 1. The van der Waals surface area contributed by atoms with Crippen molar-refractivity contribution in [3.8, 4) is 0 Å². The minimum absolute atomic E-state index is 0.0587. The summed E-state index contributed by atoms with van der Waals surface area (Å²) in [6.45, 7) is 0. The van der Waals surface area contributed by atoms with Crippen LogP contribution in [0.1, 0.15) is 10.4 Å². The number of benzene rings is 1. The molecule has 4 nitrogen and oxygen atoms in total. The fraction of sp³-hybridized carbons (Fsp3) is 0. The van der Waals surface area contributed by atoms with Crippen LogP contribution in [0.25, 0.3) is 0 Å². The van der Waals surface area contributed by atoms with E-state index in [2.05, 4.69) is 10.3 Å². The predicted molar refractivity (Wildman–Crippen MR) is 65.8 cm³/mol. The van der Waals surface area contributed by atoms with Crippen LogP contribution >= 0.6 is 11.6 Å². The maximum Gasteiger partial charge on any atom is 0.339 e. The first kappa shape index (κ1) is 13.2. The molecule has 2 rings (SSSR count). The molecule has 0 unspecified atom stereocenters. The molecule has 1 aromatic carbocycles. The van der Waals surface area contributed by atoms with E-state index in [0.29, 0.717) is 5.69 Å². The Balaban J connectivity index is 2.37. The van der Waals surface area contributed by atoms with E-state index in [0.717, 1.165) is 18.3 Å². The maximum atomic E-state index is 13.0. The van der Waals surface area contributed by atoms with Crippen molar-refractivity contribution in [2.24, 2.45) is 0 Å². The molecule has 0 aliphatic heterocycles. The van der Waals surface area contributed by atoms with E-state index in [-0.39, 0.29) is 16.4 Å². The van der Waals surface area contributed by atoms with Gasteiger partial charge in [-0.2, -0.15) is 0 Å². The number of aromatic carboxylic acids is 1. The van der Waals surface area contributed by atoms with Gasteiger partial charge in [0.25, 0.3) is 0 Å². The molecule has 0 atom stereocenters. The Bertz CT molecular complexity index is 650. The second-order valence-electron chi connectivity index (χ2n) is 3.61. The zero-order valence-corrected chi connectivity index (χ0v) is 10.1. The highest BCUT2D eigenvalue weighted by Crippen LogP contribution is 2.23. The fourth-order valence-corrected chi connectivity index (χ4v) is 1.59. The number of hydrogen-bond donors (Lipinski definition) is 2. The van der Waals surface area contributed by atoms with Gasteiger partial charge in [-0.1, -0.05) is 11.6 Å². The van der Waals surface area contributed by atoms with Gasteiger partial charge in [-0.3, -0.25) is 0 Å². The van der Waals surface area contributed by atoms with Crippen molar-refractivity contribution in [3.63, 3.8) is 0 Å². The highest BCUT2D eigenvalue weighted by Gasteiger charge is 2.13. The van der Waals surface area contributed by atoms with Crippen LogP contribution in [0.2, 0.25) is 5.02 Å². The van der Waals surface area contributed by atoms with Crippen molar-refractivity contribution < 1.29 is 18.7 Å². The Hall–Kier alpha value is -2.21. The first-order valence-electron chi connectivity index (χ1n) is 5.08. The highest BCUT2D eigenvalue weighted by atomic mass is 35.5. The van der Waals surface area contributed by atoms with E-state index in [1.54, 1.807) is 0 Å². The molecule has 1 heterocycles. The molecule has 0 spiro atoms. The summed E-state index contributed by atoms with van der Waals surface area (Å²) in [4.78, 5) is 14.6. The number of carboxylic acids is 1. The van der Waals surface area contributed by atoms with E-state index in [1.165, 1.54) is 12.1 Å². The van der Waals surface area contributed by atoms with Gasteiger partial charge in [0.2, 0.25) is 0 Å². The molecule has 98 valence electrons. The smallest absolute Gasteiger partial charge is 0.339 e. The zero-order valence-electron chi connectivity index (χ0n) is 9.32. The first-order valence-corrected chi connectivity index (χ1v) is 5.46. The quantitative estimate of drug-likeness (QED) is 0.906. The number of halogens is 3. The summed E-state index contributed by atoms with van der Waals surface area (Å²) in [6, 6.07) is 4.59. The maximum absolute atomic E-state index is 13.0. The average Bonchev–Trinajstić information content (AvgIpc) is 2.36. The van der Waals surface area contributed by atoms with Gasteiger partial charge in [-0.25, -0.2) is 18.6 Å². The molecule has 2 aromatic rings. The van der Waals surface area contributed by atoms with Gasteiger partial charge >= 0.3 is 5.97 Å². The standard InChI is InChI=1S/C12H7ClF2N2O2/c13-9-4-7(1-2-10(9)15)17-11-8(12(18)19)3-6(14)5-16-11/h1-5H,(H,16,17)(H,18,19). The summed E-state index contributed by atoms with van der Waals surface area (Å²) in [5, 5.41) is 11.5. The van der Waals surface area contributed by atoms with E-state index < -0.39 is 17.6 Å². The average molecular weight is 285 g/mol. The van der Waals surface area contributed by atoms with Gasteiger partial charge in [0.15, 0.2) is 0 Å². The van der Waals surface area contributed by atoms with Crippen LogP contribution in [-0.2, 0) is 0 Å². The molecule has 0 amide bonds. The Morgan fingerprint density at radius 2 is 2.05 bits per heavy atom. The van der Waals surface area contributed by atoms with Gasteiger partial charge in [0.05, 0.1) is 11.2 Å². The van der Waals surface area contributed by atoms with Crippen LogP contribution in [0.5, 0.6) is 0 Å². The minimum atomic E-state index is -1.33. The molecule has 0 aliphatic carbocycles.